The van der Waals surface area contributed by atoms with Crippen LogP contribution in [0.15, 0.2) is 42.5 Å². The Labute approximate surface area is 144 Å². The second kappa shape index (κ2) is 8.10. The minimum Gasteiger partial charge on any atom is -0.355 e. The van der Waals surface area contributed by atoms with Crippen LogP contribution in [0, 0.1) is 0 Å². The first-order chi connectivity index (χ1) is 11.3. The lowest BCUT2D eigenvalue weighted by Gasteiger charge is -2.15. The first-order valence-electron chi connectivity index (χ1n) is 8.35. The van der Waals surface area contributed by atoms with Gasteiger partial charge in [0.2, 0.25) is 11.8 Å². The molecule has 0 aliphatic heterocycles. The van der Waals surface area contributed by atoms with Gasteiger partial charge in [-0.15, -0.1) is 0 Å². The standard InChI is InChI=1S/C19H26N2O2Si/c1-24(2,3)12-11-20-19(23)14-21-18(22)13-16-9-6-8-15-7-4-5-10-17(15)16/h4-10H,11-14H2,1-3H3,(H,20,23)(H,21,22). The van der Waals surface area contributed by atoms with E-state index in [9.17, 15) is 9.59 Å². The monoisotopic (exact) mass is 342 g/mol. The van der Waals surface area contributed by atoms with Crippen molar-refractivity contribution in [1.29, 1.82) is 0 Å². The van der Waals surface area contributed by atoms with E-state index in [1.807, 2.05) is 42.5 Å². The SMILES string of the molecule is C[Si](C)(C)CCNC(=O)CNC(=O)Cc1cccc2ccccc12. The number of rotatable bonds is 7. The molecule has 0 aliphatic rings. The van der Waals surface area contributed by atoms with Gasteiger partial charge < -0.3 is 10.6 Å². The zero-order valence-electron chi connectivity index (χ0n) is 14.7. The van der Waals surface area contributed by atoms with E-state index < -0.39 is 8.07 Å². The number of hydrogen-bond donors (Lipinski definition) is 2. The van der Waals surface area contributed by atoms with Gasteiger partial charge in [0.1, 0.15) is 0 Å². The fraction of sp³-hybridized carbons (Fsp3) is 0.368. The number of carbonyl (C=O) groups is 2. The van der Waals surface area contributed by atoms with Crippen molar-refractivity contribution in [2.75, 3.05) is 13.1 Å². The first kappa shape index (κ1) is 18.2. The van der Waals surface area contributed by atoms with Crippen LogP contribution in [0.2, 0.25) is 25.7 Å². The quantitative estimate of drug-likeness (QED) is 0.760. The predicted molar refractivity (Wildman–Crippen MR) is 102 cm³/mol. The summed E-state index contributed by atoms with van der Waals surface area (Å²) in [6.07, 6.45) is 0.281. The van der Waals surface area contributed by atoms with Crippen LogP contribution in [0.25, 0.3) is 10.8 Å². The lowest BCUT2D eigenvalue weighted by atomic mass is 10.0. The number of nitrogens with one attached hydrogen (secondary N) is 2. The molecule has 0 aromatic heterocycles. The van der Waals surface area contributed by atoms with Crippen molar-refractivity contribution in [3.8, 4) is 0 Å². The van der Waals surface area contributed by atoms with Gasteiger partial charge in [0.15, 0.2) is 0 Å². The molecular weight excluding hydrogens is 316 g/mol. The highest BCUT2D eigenvalue weighted by atomic mass is 28.3. The lowest BCUT2D eigenvalue weighted by Crippen LogP contribution is -2.39. The number of benzene rings is 2. The van der Waals surface area contributed by atoms with Gasteiger partial charge in [0, 0.05) is 14.6 Å². The van der Waals surface area contributed by atoms with Crippen molar-refractivity contribution in [2.45, 2.75) is 32.1 Å². The van der Waals surface area contributed by atoms with Gasteiger partial charge in [0.05, 0.1) is 13.0 Å². The molecule has 2 aromatic rings. The van der Waals surface area contributed by atoms with Crippen LogP contribution < -0.4 is 10.6 Å². The summed E-state index contributed by atoms with van der Waals surface area (Å²) >= 11 is 0. The maximum absolute atomic E-state index is 12.1. The highest BCUT2D eigenvalue weighted by Gasteiger charge is 2.13. The molecule has 2 amide bonds. The van der Waals surface area contributed by atoms with Gasteiger partial charge in [-0.3, -0.25) is 9.59 Å². The molecule has 2 aromatic carbocycles. The van der Waals surface area contributed by atoms with Crippen molar-refractivity contribution in [3.63, 3.8) is 0 Å². The summed E-state index contributed by atoms with van der Waals surface area (Å²) in [5.74, 6) is -0.258. The summed E-state index contributed by atoms with van der Waals surface area (Å²) in [6.45, 7) is 7.53. The predicted octanol–water partition coefficient (Wildman–Crippen LogP) is 2.95. The molecule has 0 heterocycles. The lowest BCUT2D eigenvalue weighted by molar-refractivity contribution is -0.125. The molecule has 0 aliphatic carbocycles. The Morgan fingerprint density at radius 3 is 2.38 bits per heavy atom. The third-order valence-electron chi connectivity index (χ3n) is 3.87. The second-order valence-electron chi connectivity index (χ2n) is 7.25. The maximum Gasteiger partial charge on any atom is 0.239 e. The summed E-state index contributed by atoms with van der Waals surface area (Å²) in [4.78, 5) is 23.9. The van der Waals surface area contributed by atoms with Crippen molar-refractivity contribution in [2.24, 2.45) is 0 Å². The number of amides is 2. The van der Waals surface area contributed by atoms with Gasteiger partial charge in [-0.1, -0.05) is 62.1 Å². The third-order valence-corrected chi connectivity index (χ3v) is 5.62. The fourth-order valence-electron chi connectivity index (χ4n) is 2.50. The Hall–Kier alpha value is -2.14. The molecule has 2 N–H and O–H groups in total. The van der Waals surface area contributed by atoms with Crippen LogP contribution in [0.5, 0.6) is 0 Å². The number of fused-ring (bicyclic) bond motifs is 1. The van der Waals surface area contributed by atoms with Crippen LogP contribution in [-0.4, -0.2) is 33.0 Å². The van der Waals surface area contributed by atoms with E-state index in [1.54, 1.807) is 0 Å². The van der Waals surface area contributed by atoms with Crippen molar-refractivity contribution >= 4 is 30.7 Å². The molecule has 0 unspecified atom stereocenters. The van der Waals surface area contributed by atoms with E-state index in [-0.39, 0.29) is 24.8 Å². The van der Waals surface area contributed by atoms with Crippen molar-refractivity contribution < 1.29 is 9.59 Å². The van der Waals surface area contributed by atoms with Crippen molar-refractivity contribution in [1.82, 2.24) is 10.6 Å². The molecule has 5 heteroatoms. The van der Waals surface area contributed by atoms with Crippen LogP contribution in [-0.2, 0) is 16.0 Å². The zero-order valence-corrected chi connectivity index (χ0v) is 15.7. The minimum absolute atomic E-state index is 0.0370. The molecule has 0 saturated heterocycles. The molecule has 0 radical (unpaired) electrons. The highest BCUT2D eigenvalue weighted by molar-refractivity contribution is 6.76. The minimum atomic E-state index is -1.15. The van der Waals surface area contributed by atoms with Gasteiger partial charge >= 0.3 is 0 Å². The summed E-state index contributed by atoms with van der Waals surface area (Å²) in [7, 11) is -1.15. The zero-order chi connectivity index (χ0) is 17.6. The Kier molecular flexibility index (Phi) is 6.14. The second-order valence-corrected chi connectivity index (χ2v) is 12.9. The molecular formula is C19H26N2O2Si. The van der Waals surface area contributed by atoms with Crippen LogP contribution in [0.3, 0.4) is 0 Å². The molecule has 24 heavy (non-hydrogen) atoms. The summed E-state index contributed by atoms with van der Waals surface area (Å²) in [5, 5.41) is 7.77. The van der Waals surface area contributed by atoms with E-state index in [4.69, 9.17) is 0 Å². The topological polar surface area (TPSA) is 58.2 Å². The average Bonchev–Trinajstić information content (AvgIpc) is 2.52. The Bertz CT molecular complexity index is 717. The van der Waals surface area contributed by atoms with E-state index >= 15 is 0 Å². The first-order valence-corrected chi connectivity index (χ1v) is 12.1. The maximum atomic E-state index is 12.1. The molecule has 2 rings (SSSR count). The molecule has 128 valence electrons. The smallest absolute Gasteiger partial charge is 0.239 e. The molecule has 0 atom stereocenters. The van der Waals surface area contributed by atoms with Crippen molar-refractivity contribution in [3.05, 3.63) is 48.0 Å². The Morgan fingerprint density at radius 1 is 0.917 bits per heavy atom. The fourth-order valence-corrected chi connectivity index (χ4v) is 3.38. The Balaban J connectivity index is 1.82. The van der Waals surface area contributed by atoms with Gasteiger partial charge in [0.25, 0.3) is 0 Å². The molecule has 0 spiro atoms. The van der Waals surface area contributed by atoms with E-state index in [2.05, 4.69) is 30.3 Å². The third kappa shape index (κ3) is 5.81. The molecule has 0 fully saturated rings. The summed E-state index contributed by atoms with van der Waals surface area (Å²) in [6, 6.07) is 15.0. The van der Waals surface area contributed by atoms with Crippen LogP contribution in [0.4, 0.5) is 0 Å². The molecule has 0 saturated carbocycles. The highest BCUT2D eigenvalue weighted by Crippen LogP contribution is 2.18. The number of carbonyl (C=O) groups excluding carboxylic acids is 2. The van der Waals surface area contributed by atoms with Crippen LogP contribution in [0.1, 0.15) is 5.56 Å². The van der Waals surface area contributed by atoms with Gasteiger partial charge in [-0.25, -0.2) is 0 Å². The normalized spacial score (nSPS) is 11.3. The average molecular weight is 343 g/mol. The van der Waals surface area contributed by atoms with Gasteiger partial charge in [-0.2, -0.15) is 0 Å². The largest absolute Gasteiger partial charge is 0.355 e. The van der Waals surface area contributed by atoms with E-state index in [0.717, 1.165) is 22.4 Å². The van der Waals surface area contributed by atoms with Gasteiger partial charge in [-0.05, 0) is 22.4 Å². The molecule has 0 bridgehead atoms. The van der Waals surface area contributed by atoms with Crippen LogP contribution >= 0.6 is 0 Å². The summed E-state index contributed by atoms with van der Waals surface area (Å²) in [5.41, 5.74) is 0.977. The Morgan fingerprint density at radius 2 is 1.62 bits per heavy atom. The van der Waals surface area contributed by atoms with E-state index in [1.165, 1.54) is 0 Å². The van der Waals surface area contributed by atoms with E-state index in [0.29, 0.717) is 6.54 Å². The molecule has 4 nitrogen and oxygen atoms in total. The summed E-state index contributed by atoms with van der Waals surface area (Å²) < 4.78 is 0. The number of hydrogen-bond acceptors (Lipinski definition) is 2.